The maximum absolute atomic E-state index is 11.6. The Labute approximate surface area is 116 Å². The number of rotatable bonds is 4. The first-order valence-corrected chi connectivity index (χ1v) is 7.83. The van der Waals surface area contributed by atoms with Gasteiger partial charge in [-0.05, 0) is 52.1 Å². The molecule has 1 aliphatic carbocycles. The van der Waals surface area contributed by atoms with E-state index in [-0.39, 0.29) is 0 Å². The first-order valence-electron chi connectivity index (χ1n) is 7.83. The summed E-state index contributed by atoms with van der Waals surface area (Å²) >= 11 is 0. The molecular formula is C15H28N2O2. The van der Waals surface area contributed by atoms with Gasteiger partial charge in [0.15, 0.2) is 0 Å². The van der Waals surface area contributed by atoms with E-state index in [9.17, 15) is 9.90 Å². The minimum Gasteiger partial charge on any atom is -0.480 e. The van der Waals surface area contributed by atoms with Gasteiger partial charge in [-0.15, -0.1) is 0 Å². The zero-order valence-corrected chi connectivity index (χ0v) is 12.3. The predicted octanol–water partition coefficient (Wildman–Crippen LogP) is 2.24. The summed E-state index contributed by atoms with van der Waals surface area (Å²) in [6.07, 6.45) is 7.72. The molecule has 1 aliphatic heterocycles. The lowest BCUT2D eigenvalue weighted by molar-refractivity contribution is -0.144. The van der Waals surface area contributed by atoms with E-state index >= 15 is 0 Å². The Morgan fingerprint density at radius 2 is 2.16 bits per heavy atom. The van der Waals surface area contributed by atoms with Crippen LogP contribution in [0.4, 0.5) is 0 Å². The Balaban J connectivity index is 2.05. The number of nitrogens with zero attached hydrogens (tertiary/aromatic N) is 1. The second-order valence-electron chi connectivity index (χ2n) is 6.25. The molecule has 3 atom stereocenters. The van der Waals surface area contributed by atoms with Crippen LogP contribution in [0.2, 0.25) is 0 Å². The molecule has 2 fully saturated rings. The quantitative estimate of drug-likeness (QED) is 0.821. The Hall–Kier alpha value is -0.610. The van der Waals surface area contributed by atoms with Crippen molar-refractivity contribution in [1.82, 2.24) is 10.2 Å². The molecule has 0 aromatic rings. The van der Waals surface area contributed by atoms with E-state index < -0.39 is 11.5 Å². The summed E-state index contributed by atoms with van der Waals surface area (Å²) in [5.74, 6) is -0.667. The van der Waals surface area contributed by atoms with Crippen molar-refractivity contribution < 1.29 is 9.90 Å². The van der Waals surface area contributed by atoms with Crippen molar-refractivity contribution in [2.75, 3.05) is 13.1 Å². The molecule has 0 spiro atoms. The first-order chi connectivity index (χ1) is 9.09. The van der Waals surface area contributed by atoms with Gasteiger partial charge in [0.25, 0.3) is 0 Å². The van der Waals surface area contributed by atoms with Crippen LogP contribution in [0, 0.1) is 0 Å². The van der Waals surface area contributed by atoms with Crippen LogP contribution >= 0.6 is 0 Å². The molecule has 19 heavy (non-hydrogen) atoms. The minimum absolute atomic E-state index is 0.447. The Morgan fingerprint density at radius 1 is 1.37 bits per heavy atom. The number of nitrogens with one attached hydrogen (secondary N) is 1. The van der Waals surface area contributed by atoms with Crippen molar-refractivity contribution >= 4 is 5.97 Å². The number of aliphatic carboxylic acids is 1. The van der Waals surface area contributed by atoms with Gasteiger partial charge in [0, 0.05) is 12.1 Å². The van der Waals surface area contributed by atoms with Crippen LogP contribution in [-0.2, 0) is 4.79 Å². The number of likely N-dealkylation sites (N-methyl/N-ethyl adjacent to an activating group) is 1. The molecule has 3 unspecified atom stereocenters. The SMILES string of the molecule is CCNC1(C(=O)O)CCC(N2CCCCCC2C)C1. The standard InChI is InChI=1S/C15H28N2O2/c1-3-16-15(14(18)19)9-8-13(11-15)17-10-6-4-5-7-12(17)2/h12-13,16H,3-11H2,1-2H3,(H,18,19). The summed E-state index contributed by atoms with van der Waals surface area (Å²) in [7, 11) is 0. The maximum Gasteiger partial charge on any atom is 0.323 e. The van der Waals surface area contributed by atoms with E-state index in [1.807, 2.05) is 6.92 Å². The molecule has 2 aliphatic rings. The zero-order valence-electron chi connectivity index (χ0n) is 12.3. The van der Waals surface area contributed by atoms with Gasteiger partial charge in [0.2, 0.25) is 0 Å². The number of likely N-dealkylation sites (tertiary alicyclic amines) is 1. The van der Waals surface area contributed by atoms with Crippen LogP contribution < -0.4 is 5.32 Å². The summed E-state index contributed by atoms with van der Waals surface area (Å²) in [4.78, 5) is 14.2. The van der Waals surface area contributed by atoms with Gasteiger partial charge < -0.3 is 10.4 Å². The van der Waals surface area contributed by atoms with Gasteiger partial charge in [-0.25, -0.2) is 0 Å². The number of carbonyl (C=O) groups is 1. The van der Waals surface area contributed by atoms with E-state index in [1.165, 1.54) is 25.7 Å². The molecule has 0 aromatic carbocycles. The minimum atomic E-state index is -0.675. The fourth-order valence-electron chi connectivity index (χ4n) is 3.91. The lowest BCUT2D eigenvalue weighted by Crippen LogP contribution is -2.51. The van der Waals surface area contributed by atoms with Crippen molar-refractivity contribution in [3.05, 3.63) is 0 Å². The van der Waals surface area contributed by atoms with Crippen LogP contribution in [-0.4, -0.2) is 46.7 Å². The highest BCUT2D eigenvalue weighted by Crippen LogP contribution is 2.35. The third-order valence-electron chi connectivity index (χ3n) is 4.99. The Bertz CT molecular complexity index is 321. The van der Waals surface area contributed by atoms with Gasteiger partial charge in [0.1, 0.15) is 5.54 Å². The largest absolute Gasteiger partial charge is 0.480 e. The van der Waals surface area contributed by atoms with Crippen molar-refractivity contribution in [3.63, 3.8) is 0 Å². The summed E-state index contributed by atoms with van der Waals surface area (Å²) in [5.41, 5.74) is -0.675. The molecule has 2 rings (SSSR count). The van der Waals surface area contributed by atoms with E-state index in [0.717, 1.165) is 32.4 Å². The zero-order chi connectivity index (χ0) is 13.9. The van der Waals surface area contributed by atoms with Crippen LogP contribution in [0.5, 0.6) is 0 Å². The molecular weight excluding hydrogens is 240 g/mol. The lowest BCUT2D eigenvalue weighted by Gasteiger charge is -2.34. The van der Waals surface area contributed by atoms with Crippen LogP contribution in [0.15, 0.2) is 0 Å². The average Bonchev–Trinajstić information content (AvgIpc) is 2.68. The van der Waals surface area contributed by atoms with E-state index in [0.29, 0.717) is 12.1 Å². The first kappa shape index (κ1) is 14.8. The number of carboxylic acid groups (broad SMARTS) is 1. The molecule has 4 nitrogen and oxygen atoms in total. The van der Waals surface area contributed by atoms with Gasteiger partial charge >= 0.3 is 5.97 Å². The molecule has 1 saturated carbocycles. The fourth-order valence-corrected chi connectivity index (χ4v) is 3.91. The van der Waals surface area contributed by atoms with Crippen molar-refractivity contribution in [3.8, 4) is 0 Å². The highest BCUT2D eigenvalue weighted by atomic mass is 16.4. The van der Waals surface area contributed by atoms with Crippen molar-refractivity contribution in [2.45, 2.75) is 76.4 Å². The smallest absolute Gasteiger partial charge is 0.323 e. The normalized spacial score (nSPS) is 37.2. The Kier molecular flexibility index (Phi) is 4.85. The van der Waals surface area contributed by atoms with E-state index in [4.69, 9.17) is 0 Å². The summed E-state index contributed by atoms with van der Waals surface area (Å²) in [6, 6.07) is 1.06. The maximum atomic E-state index is 11.6. The molecule has 0 radical (unpaired) electrons. The highest BCUT2D eigenvalue weighted by molar-refractivity contribution is 5.79. The second-order valence-corrected chi connectivity index (χ2v) is 6.25. The second kappa shape index (κ2) is 6.23. The van der Waals surface area contributed by atoms with E-state index in [2.05, 4.69) is 17.1 Å². The van der Waals surface area contributed by atoms with Gasteiger partial charge in [-0.3, -0.25) is 9.69 Å². The number of hydrogen-bond acceptors (Lipinski definition) is 3. The fraction of sp³-hybridized carbons (Fsp3) is 0.933. The third kappa shape index (κ3) is 3.11. The van der Waals surface area contributed by atoms with Gasteiger partial charge in [0.05, 0.1) is 0 Å². The molecule has 4 heteroatoms. The highest BCUT2D eigenvalue weighted by Gasteiger charge is 2.47. The molecule has 1 saturated heterocycles. The number of hydrogen-bond donors (Lipinski definition) is 2. The van der Waals surface area contributed by atoms with Gasteiger partial charge in [-0.1, -0.05) is 19.8 Å². The average molecular weight is 268 g/mol. The third-order valence-corrected chi connectivity index (χ3v) is 4.99. The molecule has 1 heterocycles. The summed E-state index contributed by atoms with van der Waals surface area (Å²) in [5, 5.41) is 12.8. The summed E-state index contributed by atoms with van der Waals surface area (Å²) in [6.45, 7) is 6.17. The van der Waals surface area contributed by atoms with Crippen LogP contribution in [0.1, 0.15) is 58.8 Å². The van der Waals surface area contributed by atoms with Gasteiger partial charge in [-0.2, -0.15) is 0 Å². The predicted molar refractivity (Wildman–Crippen MR) is 76.3 cm³/mol. The van der Waals surface area contributed by atoms with Crippen molar-refractivity contribution in [2.24, 2.45) is 0 Å². The van der Waals surface area contributed by atoms with Crippen LogP contribution in [0.3, 0.4) is 0 Å². The Morgan fingerprint density at radius 3 is 2.84 bits per heavy atom. The molecule has 2 N–H and O–H groups in total. The molecule has 0 aromatic heterocycles. The number of carboxylic acids is 1. The topological polar surface area (TPSA) is 52.6 Å². The van der Waals surface area contributed by atoms with Crippen molar-refractivity contribution in [1.29, 1.82) is 0 Å². The monoisotopic (exact) mass is 268 g/mol. The molecule has 0 bridgehead atoms. The van der Waals surface area contributed by atoms with Crippen LogP contribution in [0.25, 0.3) is 0 Å². The molecule has 0 amide bonds. The lowest BCUT2D eigenvalue weighted by atomic mass is 9.97. The molecule has 110 valence electrons. The van der Waals surface area contributed by atoms with E-state index in [1.54, 1.807) is 0 Å². The summed E-state index contributed by atoms with van der Waals surface area (Å²) < 4.78 is 0.